The molecular weight excluding hydrogens is 562 g/mol. The Morgan fingerprint density at radius 3 is 2.19 bits per heavy atom. The standard InChI is InChI=1S/C30H47N3O10/c1-24(34)41-23-26-20-33(13-12-32(26)21-28(36)43-30(2,3)4)27(35)10-14-38-16-18-40-19-17-39-15-11-31-29(37)42-22-25-8-6-5-7-9-25/h5-9,26H,10-23H2,1-4H3,(H,31,37). The Bertz CT molecular complexity index is 986. The molecule has 43 heavy (non-hydrogen) atoms. The van der Waals surface area contributed by atoms with E-state index in [0.717, 1.165) is 5.56 Å². The smallest absolute Gasteiger partial charge is 0.407 e. The van der Waals surface area contributed by atoms with Gasteiger partial charge in [0.05, 0.1) is 58.6 Å². The van der Waals surface area contributed by atoms with Crippen LogP contribution in [0.1, 0.15) is 39.7 Å². The first kappa shape index (κ1) is 35.9. The molecule has 1 aromatic carbocycles. The molecule has 0 bridgehead atoms. The number of nitrogens with one attached hydrogen (secondary N) is 1. The highest BCUT2D eigenvalue weighted by molar-refractivity contribution is 5.76. The molecular formula is C30H47N3O10. The first-order valence-corrected chi connectivity index (χ1v) is 14.6. The van der Waals surface area contributed by atoms with Crippen molar-refractivity contribution >= 4 is 23.9 Å². The van der Waals surface area contributed by atoms with Crippen LogP contribution in [0.5, 0.6) is 0 Å². The molecule has 0 radical (unpaired) electrons. The van der Waals surface area contributed by atoms with E-state index in [-0.39, 0.29) is 50.7 Å². The van der Waals surface area contributed by atoms with E-state index in [2.05, 4.69) is 5.32 Å². The molecule has 1 aliphatic rings. The molecule has 1 aromatic rings. The van der Waals surface area contributed by atoms with Crippen LogP contribution >= 0.6 is 0 Å². The average molecular weight is 610 g/mol. The molecule has 1 unspecified atom stereocenters. The number of ether oxygens (including phenoxy) is 6. The van der Waals surface area contributed by atoms with Crippen LogP contribution < -0.4 is 5.32 Å². The van der Waals surface area contributed by atoms with Crippen LogP contribution in [0.25, 0.3) is 0 Å². The van der Waals surface area contributed by atoms with Crippen LogP contribution in [0, 0.1) is 0 Å². The maximum Gasteiger partial charge on any atom is 0.407 e. The van der Waals surface area contributed by atoms with Gasteiger partial charge >= 0.3 is 18.0 Å². The molecule has 1 aliphatic heterocycles. The topological polar surface area (TPSA) is 142 Å². The van der Waals surface area contributed by atoms with Crippen LogP contribution in [0.3, 0.4) is 0 Å². The first-order valence-electron chi connectivity index (χ1n) is 14.6. The normalized spacial score (nSPS) is 15.5. The predicted molar refractivity (Wildman–Crippen MR) is 156 cm³/mol. The molecule has 2 rings (SSSR count). The minimum absolute atomic E-state index is 0.0557. The third-order valence-corrected chi connectivity index (χ3v) is 6.12. The van der Waals surface area contributed by atoms with Crippen LogP contribution in [0.15, 0.2) is 30.3 Å². The molecule has 13 nitrogen and oxygen atoms in total. The molecule has 0 aromatic heterocycles. The number of hydrogen-bond donors (Lipinski definition) is 1. The van der Waals surface area contributed by atoms with Crippen molar-refractivity contribution in [2.75, 3.05) is 79.0 Å². The fourth-order valence-corrected chi connectivity index (χ4v) is 4.10. The lowest BCUT2D eigenvalue weighted by atomic mass is 10.1. The Hall–Kier alpha value is -3.26. The second-order valence-electron chi connectivity index (χ2n) is 10.9. The highest BCUT2D eigenvalue weighted by Gasteiger charge is 2.32. The fraction of sp³-hybridized carbons (Fsp3) is 0.667. The third kappa shape index (κ3) is 16.8. The van der Waals surface area contributed by atoms with Crippen molar-refractivity contribution in [3.05, 3.63) is 35.9 Å². The molecule has 0 spiro atoms. The second-order valence-corrected chi connectivity index (χ2v) is 10.9. The number of amides is 2. The van der Waals surface area contributed by atoms with Crippen LogP contribution in [0.2, 0.25) is 0 Å². The maximum absolute atomic E-state index is 12.7. The Morgan fingerprint density at radius 1 is 0.884 bits per heavy atom. The van der Waals surface area contributed by atoms with Gasteiger partial charge in [0.15, 0.2) is 0 Å². The van der Waals surface area contributed by atoms with Crippen molar-refractivity contribution < 1.29 is 47.6 Å². The lowest BCUT2D eigenvalue weighted by molar-refractivity contribution is -0.158. The summed E-state index contributed by atoms with van der Waals surface area (Å²) in [6, 6.07) is 9.12. The SMILES string of the molecule is CC(=O)OCC1CN(C(=O)CCOCCOCCOCCNC(=O)OCc2ccccc2)CCN1CC(=O)OC(C)(C)C. The number of esters is 2. The van der Waals surface area contributed by atoms with Crippen molar-refractivity contribution in [2.24, 2.45) is 0 Å². The highest BCUT2D eigenvalue weighted by Crippen LogP contribution is 2.14. The van der Waals surface area contributed by atoms with Gasteiger partial charge in [-0.15, -0.1) is 0 Å². The number of rotatable bonds is 18. The summed E-state index contributed by atoms with van der Waals surface area (Å²) in [6.45, 7) is 10.7. The Kier molecular flexibility index (Phi) is 16.6. The molecule has 1 N–H and O–H groups in total. The van der Waals surface area contributed by atoms with Crippen LogP contribution in [-0.4, -0.2) is 124 Å². The van der Waals surface area contributed by atoms with E-state index in [0.29, 0.717) is 59.2 Å². The average Bonchev–Trinajstić information content (AvgIpc) is 2.95. The zero-order valence-electron chi connectivity index (χ0n) is 25.8. The van der Waals surface area contributed by atoms with Gasteiger partial charge in [0.1, 0.15) is 18.8 Å². The highest BCUT2D eigenvalue weighted by atomic mass is 16.6. The van der Waals surface area contributed by atoms with Crippen LogP contribution in [-0.2, 0) is 49.4 Å². The molecule has 1 fully saturated rings. The van der Waals surface area contributed by atoms with Crippen molar-refractivity contribution in [2.45, 2.75) is 52.4 Å². The van der Waals surface area contributed by atoms with Gasteiger partial charge in [-0.1, -0.05) is 30.3 Å². The van der Waals surface area contributed by atoms with Crippen molar-refractivity contribution in [1.29, 1.82) is 0 Å². The molecule has 1 heterocycles. The lowest BCUT2D eigenvalue weighted by Crippen LogP contribution is -2.58. The zero-order chi connectivity index (χ0) is 31.5. The van der Waals surface area contributed by atoms with E-state index in [1.807, 2.05) is 35.2 Å². The van der Waals surface area contributed by atoms with E-state index in [1.165, 1.54) is 6.92 Å². The van der Waals surface area contributed by atoms with E-state index in [9.17, 15) is 19.2 Å². The minimum atomic E-state index is -0.599. The number of alkyl carbamates (subject to hydrolysis) is 1. The largest absolute Gasteiger partial charge is 0.464 e. The van der Waals surface area contributed by atoms with Gasteiger partial charge in [-0.3, -0.25) is 19.3 Å². The summed E-state index contributed by atoms with van der Waals surface area (Å²) in [5.41, 5.74) is 0.318. The Balaban J connectivity index is 1.50. The summed E-state index contributed by atoms with van der Waals surface area (Å²) in [4.78, 5) is 51.7. The van der Waals surface area contributed by atoms with Gasteiger partial charge in [0, 0.05) is 33.1 Å². The molecule has 0 aliphatic carbocycles. The van der Waals surface area contributed by atoms with Gasteiger partial charge in [0.25, 0.3) is 0 Å². The van der Waals surface area contributed by atoms with Crippen molar-refractivity contribution in [3.8, 4) is 0 Å². The number of carbonyl (C=O) groups excluding carboxylic acids is 4. The van der Waals surface area contributed by atoms with E-state index >= 15 is 0 Å². The minimum Gasteiger partial charge on any atom is -0.464 e. The number of piperazine rings is 1. The van der Waals surface area contributed by atoms with E-state index in [1.54, 1.807) is 25.7 Å². The van der Waals surface area contributed by atoms with Crippen molar-refractivity contribution in [1.82, 2.24) is 15.1 Å². The summed E-state index contributed by atoms with van der Waals surface area (Å²) in [5, 5.41) is 2.62. The van der Waals surface area contributed by atoms with Gasteiger partial charge in [-0.05, 0) is 26.3 Å². The Labute approximate surface area is 254 Å². The van der Waals surface area contributed by atoms with Crippen LogP contribution in [0.4, 0.5) is 4.79 Å². The maximum atomic E-state index is 12.7. The Morgan fingerprint density at radius 2 is 1.53 bits per heavy atom. The van der Waals surface area contributed by atoms with E-state index < -0.39 is 17.7 Å². The van der Waals surface area contributed by atoms with Gasteiger partial charge in [-0.25, -0.2) is 4.79 Å². The molecule has 0 saturated carbocycles. The summed E-state index contributed by atoms with van der Waals surface area (Å²) in [7, 11) is 0. The summed E-state index contributed by atoms with van der Waals surface area (Å²) in [5.74, 6) is -0.857. The first-order chi connectivity index (χ1) is 20.5. The molecule has 242 valence electrons. The molecule has 2 amide bonds. The predicted octanol–water partition coefficient (Wildman–Crippen LogP) is 1.77. The molecule has 1 saturated heterocycles. The van der Waals surface area contributed by atoms with E-state index in [4.69, 9.17) is 28.4 Å². The molecule has 1 atom stereocenters. The van der Waals surface area contributed by atoms with Gasteiger partial charge < -0.3 is 38.6 Å². The monoisotopic (exact) mass is 609 g/mol. The summed E-state index contributed by atoms with van der Waals surface area (Å²) in [6.07, 6.45) is -0.294. The van der Waals surface area contributed by atoms with Gasteiger partial charge in [-0.2, -0.15) is 0 Å². The fourth-order valence-electron chi connectivity index (χ4n) is 4.10. The number of nitrogens with zero attached hydrogens (tertiary/aromatic N) is 2. The zero-order valence-corrected chi connectivity index (χ0v) is 25.8. The lowest BCUT2D eigenvalue weighted by Gasteiger charge is -2.40. The number of benzene rings is 1. The second kappa shape index (κ2) is 19.8. The quantitative estimate of drug-likeness (QED) is 0.148. The summed E-state index contributed by atoms with van der Waals surface area (Å²) < 4.78 is 32.1. The summed E-state index contributed by atoms with van der Waals surface area (Å²) >= 11 is 0. The third-order valence-electron chi connectivity index (χ3n) is 6.12. The van der Waals surface area contributed by atoms with Crippen molar-refractivity contribution in [3.63, 3.8) is 0 Å². The number of hydrogen-bond acceptors (Lipinski definition) is 11. The number of carbonyl (C=O) groups is 4. The van der Waals surface area contributed by atoms with Gasteiger partial charge in [0.2, 0.25) is 5.91 Å². The molecule has 13 heteroatoms.